The average Bonchev–Trinajstić information content (AvgIpc) is 2.73. The minimum atomic E-state index is -4.52. The smallest absolute Gasteiger partial charge is 0.352 e. The van der Waals surface area contributed by atoms with Gasteiger partial charge in [-0.3, -0.25) is 4.79 Å². The lowest BCUT2D eigenvalue weighted by Gasteiger charge is -2.35. The van der Waals surface area contributed by atoms with E-state index in [4.69, 9.17) is 11.6 Å². The SMILES string of the molecule is CCS(=O)(=O)c1ccc(C(=O)N2CCN(c3ncc(C(F)(F)F)cc3Cl)CC2)cc1. The molecular weight excluding hydrogens is 443 g/mol. The Morgan fingerprint density at radius 3 is 2.23 bits per heavy atom. The molecule has 2 heterocycles. The number of pyridine rings is 1. The zero-order chi connectivity index (χ0) is 22.1. The maximum atomic E-state index is 12.8. The van der Waals surface area contributed by atoms with Crippen LogP contribution in [0.2, 0.25) is 5.02 Å². The van der Waals surface area contributed by atoms with Crippen LogP contribution in [0.25, 0.3) is 0 Å². The number of hydrogen-bond acceptors (Lipinski definition) is 5. The van der Waals surface area contributed by atoms with Crippen molar-refractivity contribution in [2.24, 2.45) is 0 Å². The van der Waals surface area contributed by atoms with Gasteiger partial charge in [-0.1, -0.05) is 18.5 Å². The van der Waals surface area contributed by atoms with E-state index in [0.717, 1.165) is 12.3 Å². The number of sulfone groups is 1. The van der Waals surface area contributed by atoms with Crippen LogP contribution in [-0.4, -0.2) is 56.1 Å². The third-order valence-corrected chi connectivity index (χ3v) is 6.88. The Morgan fingerprint density at radius 2 is 1.73 bits per heavy atom. The van der Waals surface area contributed by atoms with Gasteiger partial charge in [0.1, 0.15) is 5.82 Å². The summed E-state index contributed by atoms with van der Waals surface area (Å²) in [6.45, 7) is 2.91. The topological polar surface area (TPSA) is 70.6 Å². The van der Waals surface area contributed by atoms with Crippen molar-refractivity contribution in [1.82, 2.24) is 9.88 Å². The van der Waals surface area contributed by atoms with Crippen LogP contribution in [0.1, 0.15) is 22.8 Å². The first-order valence-corrected chi connectivity index (χ1v) is 11.2. The Balaban J connectivity index is 1.66. The minimum absolute atomic E-state index is 0.0250. The van der Waals surface area contributed by atoms with Crippen molar-refractivity contribution in [2.75, 3.05) is 36.8 Å². The fraction of sp³-hybridized carbons (Fsp3) is 0.368. The molecule has 0 saturated carbocycles. The molecule has 6 nitrogen and oxygen atoms in total. The molecule has 0 spiro atoms. The van der Waals surface area contributed by atoms with Gasteiger partial charge in [-0.2, -0.15) is 13.2 Å². The van der Waals surface area contributed by atoms with Crippen molar-refractivity contribution in [3.8, 4) is 0 Å². The molecule has 1 aliphatic heterocycles. The van der Waals surface area contributed by atoms with E-state index in [9.17, 15) is 26.4 Å². The quantitative estimate of drug-likeness (QED) is 0.697. The van der Waals surface area contributed by atoms with Crippen molar-refractivity contribution in [2.45, 2.75) is 18.0 Å². The highest BCUT2D eigenvalue weighted by atomic mass is 35.5. The largest absolute Gasteiger partial charge is 0.417 e. The molecule has 0 bridgehead atoms. The number of anilines is 1. The fourth-order valence-electron chi connectivity index (χ4n) is 3.09. The number of amides is 1. The van der Waals surface area contributed by atoms with Crippen molar-refractivity contribution in [1.29, 1.82) is 0 Å². The first kappa shape index (κ1) is 22.4. The predicted molar refractivity (Wildman–Crippen MR) is 107 cm³/mol. The lowest BCUT2D eigenvalue weighted by Crippen LogP contribution is -2.49. The summed E-state index contributed by atoms with van der Waals surface area (Å²) < 4.78 is 62.0. The number of alkyl halides is 3. The van der Waals surface area contributed by atoms with Gasteiger partial charge in [-0.25, -0.2) is 13.4 Å². The van der Waals surface area contributed by atoms with Crippen LogP contribution in [0, 0.1) is 0 Å². The van der Waals surface area contributed by atoms with E-state index in [0.29, 0.717) is 31.7 Å². The molecule has 3 rings (SSSR count). The van der Waals surface area contributed by atoms with Crippen LogP contribution in [0.3, 0.4) is 0 Å². The summed E-state index contributed by atoms with van der Waals surface area (Å²) in [5.74, 6) is -0.0320. The second-order valence-corrected chi connectivity index (χ2v) is 9.42. The van der Waals surface area contributed by atoms with E-state index in [1.54, 1.807) is 16.7 Å². The van der Waals surface area contributed by atoms with Gasteiger partial charge in [-0.05, 0) is 30.3 Å². The molecule has 0 aliphatic carbocycles. The number of piperazine rings is 1. The molecule has 30 heavy (non-hydrogen) atoms. The summed E-state index contributed by atoms with van der Waals surface area (Å²) in [5, 5.41) is -0.0997. The molecule has 162 valence electrons. The maximum absolute atomic E-state index is 12.8. The molecule has 1 fully saturated rings. The van der Waals surface area contributed by atoms with Crippen LogP contribution in [0.15, 0.2) is 41.4 Å². The summed E-state index contributed by atoms with van der Waals surface area (Å²) in [5.41, 5.74) is -0.553. The molecule has 1 aliphatic rings. The van der Waals surface area contributed by atoms with E-state index in [1.807, 2.05) is 0 Å². The summed E-state index contributed by atoms with van der Waals surface area (Å²) in [6.07, 6.45) is -3.78. The van der Waals surface area contributed by atoms with Gasteiger partial charge in [-0.15, -0.1) is 0 Å². The molecule has 0 radical (unpaired) electrons. The monoisotopic (exact) mass is 461 g/mol. The van der Waals surface area contributed by atoms with E-state index in [2.05, 4.69) is 4.98 Å². The molecular formula is C19H19ClF3N3O3S. The fourth-order valence-corrected chi connectivity index (χ4v) is 4.26. The number of rotatable bonds is 4. The normalized spacial score (nSPS) is 15.4. The molecule has 0 N–H and O–H groups in total. The van der Waals surface area contributed by atoms with Gasteiger partial charge in [0.25, 0.3) is 5.91 Å². The molecule has 0 atom stereocenters. The molecule has 11 heteroatoms. The van der Waals surface area contributed by atoms with Gasteiger partial charge in [0.2, 0.25) is 0 Å². The Labute approximate surface area is 177 Å². The number of halogens is 4. The number of aromatic nitrogens is 1. The van der Waals surface area contributed by atoms with Gasteiger partial charge in [0.15, 0.2) is 9.84 Å². The van der Waals surface area contributed by atoms with E-state index < -0.39 is 21.6 Å². The van der Waals surface area contributed by atoms with E-state index in [-0.39, 0.29) is 27.4 Å². The zero-order valence-corrected chi connectivity index (χ0v) is 17.6. The Hall–Kier alpha value is -2.33. The van der Waals surface area contributed by atoms with Gasteiger partial charge >= 0.3 is 6.18 Å². The average molecular weight is 462 g/mol. The third kappa shape index (κ3) is 4.70. The number of nitrogens with zero attached hydrogens (tertiary/aromatic N) is 3. The molecule has 0 unspecified atom stereocenters. The molecule has 2 aromatic rings. The molecule has 1 saturated heterocycles. The summed E-state index contributed by atoms with van der Waals surface area (Å²) in [6, 6.07) is 6.62. The second kappa shape index (κ2) is 8.43. The number of hydrogen-bond donors (Lipinski definition) is 0. The molecule has 1 amide bonds. The number of carbonyl (C=O) groups is 1. The van der Waals surface area contributed by atoms with Crippen LogP contribution < -0.4 is 4.90 Å². The van der Waals surface area contributed by atoms with Crippen LogP contribution in [0.4, 0.5) is 19.0 Å². The summed E-state index contributed by atoms with van der Waals surface area (Å²) >= 11 is 5.99. The summed E-state index contributed by atoms with van der Waals surface area (Å²) in [4.78, 5) is 20.0. The highest BCUT2D eigenvalue weighted by Gasteiger charge is 2.32. The lowest BCUT2D eigenvalue weighted by molar-refractivity contribution is -0.137. The Kier molecular flexibility index (Phi) is 6.28. The predicted octanol–water partition coefficient (Wildman–Crippen LogP) is 3.51. The standard InChI is InChI=1S/C19H19ClF3N3O3S/c1-2-30(28,29)15-5-3-13(4-6-15)18(27)26-9-7-25(8-10-26)17-16(20)11-14(12-24-17)19(21,22)23/h3-6,11-12H,2,7-10H2,1H3. The van der Waals surface area contributed by atoms with Crippen molar-refractivity contribution in [3.05, 3.63) is 52.7 Å². The van der Waals surface area contributed by atoms with Gasteiger partial charge < -0.3 is 9.80 Å². The highest BCUT2D eigenvalue weighted by Crippen LogP contribution is 2.33. The van der Waals surface area contributed by atoms with E-state index >= 15 is 0 Å². The lowest BCUT2D eigenvalue weighted by atomic mass is 10.2. The zero-order valence-electron chi connectivity index (χ0n) is 16.0. The van der Waals surface area contributed by atoms with Gasteiger partial charge in [0.05, 0.1) is 21.2 Å². The first-order valence-electron chi connectivity index (χ1n) is 9.12. The van der Waals surface area contributed by atoms with Crippen molar-refractivity contribution in [3.63, 3.8) is 0 Å². The molecule has 1 aromatic heterocycles. The maximum Gasteiger partial charge on any atom is 0.417 e. The van der Waals surface area contributed by atoms with Crippen LogP contribution >= 0.6 is 11.6 Å². The Morgan fingerprint density at radius 1 is 1.13 bits per heavy atom. The number of benzene rings is 1. The summed E-state index contributed by atoms with van der Waals surface area (Å²) in [7, 11) is -3.34. The Bertz CT molecular complexity index is 1040. The van der Waals surface area contributed by atoms with Crippen molar-refractivity contribution < 1.29 is 26.4 Å². The van der Waals surface area contributed by atoms with Crippen LogP contribution in [0.5, 0.6) is 0 Å². The van der Waals surface area contributed by atoms with Crippen LogP contribution in [-0.2, 0) is 16.0 Å². The third-order valence-electron chi connectivity index (χ3n) is 4.86. The van der Waals surface area contributed by atoms with Gasteiger partial charge in [0, 0.05) is 37.9 Å². The second-order valence-electron chi connectivity index (χ2n) is 6.73. The first-order chi connectivity index (χ1) is 14.0. The van der Waals surface area contributed by atoms with Crippen molar-refractivity contribution >= 4 is 33.2 Å². The molecule has 1 aromatic carbocycles. The van der Waals surface area contributed by atoms with E-state index in [1.165, 1.54) is 24.3 Å². The number of carbonyl (C=O) groups excluding carboxylic acids is 1. The highest BCUT2D eigenvalue weighted by molar-refractivity contribution is 7.91. The minimum Gasteiger partial charge on any atom is -0.352 e.